The minimum atomic E-state index is -0.446. The van der Waals surface area contributed by atoms with E-state index in [2.05, 4.69) is 6.92 Å². The molecule has 3 aromatic carbocycles. The van der Waals surface area contributed by atoms with Gasteiger partial charge in [0.05, 0.1) is 25.4 Å². The number of rotatable bonds is 19. The van der Waals surface area contributed by atoms with Crippen molar-refractivity contribution in [2.24, 2.45) is 0 Å². The fraction of sp³-hybridized carbons (Fsp3) is 0.371. The molecule has 0 bridgehead atoms. The molecule has 0 saturated carbocycles. The fourth-order valence-corrected chi connectivity index (χ4v) is 4.28. The van der Waals surface area contributed by atoms with Gasteiger partial charge in [0.25, 0.3) is 0 Å². The maximum absolute atomic E-state index is 12.2. The van der Waals surface area contributed by atoms with E-state index in [1.807, 2.05) is 36.4 Å². The minimum absolute atomic E-state index is 0.365. The third-order valence-electron chi connectivity index (χ3n) is 6.60. The number of ether oxygens (including phenoxy) is 4. The summed E-state index contributed by atoms with van der Waals surface area (Å²) in [6.45, 7) is 3.86. The van der Waals surface area contributed by atoms with Crippen LogP contribution in [0, 0.1) is 0 Å². The molecule has 0 aliphatic rings. The molecule has 3 aromatic rings. The van der Waals surface area contributed by atoms with Gasteiger partial charge in [-0.05, 0) is 85.5 Å². The number of anilines is 2. The number of carbonyl (C=O) groups excluding carboxylic acids is 2. The number of hydrogen-bond acceptors (Lipinski definition) is 8. The van der Waals surface area contributed by atoms with Crippen LogP contribution in [0.2, 0.25) is 0 Å². The number of benzene rings is 3. The smallest absolute Gasteiger partial charge is 0.338 e. The summed E-state index contributed by atoms with van der Waals surface area (Å²) in [6.07, 6.45) is 12.5. The Hall–Kier alpha value is -4.46. The Morgan fingerprint density at radius 2 is 1.16 bits per heavy atom. The van der Waals surface area contributed by atoms with Gasteiger partial charge in [-0.25, -0.2) is 9.59 Å². The van der Waals surface area contributed by atoms with Crippen molar-refractivity contribution in [1.29, 1.82) is 0 Å². The maximum Gasteiger partial charge on any atom is 0.338 e. The number of carbonyl (C=O) groups is 2. The van der Waals surface area contributed by atoms with Crippen molar-refractivity contribution in [3.63, 3.8) is 0 Å². The molecule has 0 aliphatic carbocycles. The predicted molar refractivity (Wildman–Crippen MR) is 171 cm³/mol. The van der Waals surface area contributed by atoms with Gasteiger partial charge in [0.1, 0.15) is 17.2 Å². The summed E-state index contributed by atoms with van der Waals surface area (Å²) < 4.78 is 22.2. The van der Waals surface area contributed by atoms with Crippen molar-refractivity contribution in [3.8, 4) is 17.2 Å². The number of esters is 2. The monoisotopic (exact) mass is 588 g/mol. The Labute approximate surface area is 255 Å². The fourth-order valence-electron chi connectivity index (χ4n) is 4.28. The van der Waals surface area contributed by atoms with Crippen molar-refractivity contribution in [2.75, 3.05) is 31.3 Å². The van der Waals surface area contributed by atoms with E-state index in [1.165, 1.54) is 25.3 Å². The molecule has 8 nitrogen and oxygen atoms in total. The van der Waals surface area contributed by atoms with Gasteiger partial charge in [-0.1, -0.05) is 57.6 Å². The average molecular weight is 589 g/mol. The molecule has 0 aliphatic heterocycles. The molecule has 0 heterocycles. The molecule has 0 fully saturated rings. The molecule has 3 rings (SSSR count). The first-order chi connectivity index (χ1) is 20.9. The van der Waals surface area contributed by atoms with Crippen LogP contribution in [0.15, 0.2) is 72.8 Å². The van der Waals surface area contributed by atoms with E-state index in [9.17, 15) is 9.59 Å². The largest absolute Gasteiger partial charge is 0.494 e. The number of unbranched alkanes of at least 4 members (excludes halogenated alkanes) is 7. The molecule has 4 N–H and O–H groups in total. The van der Waals surface area contributed by atoms with Crippen LogP contribution in [0.3, 0.4) is 0 Å². The van der Waals surface area contributed by atoms with E-state index in [0.717, 1.165) is 55.6 Å². The van der Waals surface area contributed by atoms with E-state index in [-0.39, 0.29) is 0 Å². The van der Waals surface area contributed by atoms with Gasteiger partial charge >= 0.3 is 11.9 Å². The SMILES string of the molecule is CCCCCCOc1ccc(OC(=O)/C=C/c2ccc(OCCCCCCCOC(=O)c3cc(N)cc(N)c3)cc2)cc1. The van der Waals surface area contributed by atoms with Gasteiger partial charge in [-0.2, -0.15) is 0 Å². The Balaban J connectivity index is 1.23. The zero-order valence-electron chi connectivity index (χ0n) is 25.1. The molecule has 230 valence electrons. The summed E-state index contributed by atoms with van der Waals surface area (Å²) in [5, 5.41) is 0. The zero-order valence-corrected chi connectivity index (χ0v) is 25.1. The molecule has 8 heteroatoms. The topological polar surface area (TPSA) is 123 Å². The molecule has 0 radical (unpaired) electrons. The zero-order chi connectivity index (χ0) is 30.7. The quantitative estimate of drug-likeness (QED) is 0.0482. The number of nitrogens with two attached hydrogens (primary N) is 2. The first kappa shape index (κ1) is 33.0. The Bertz CT molecular complexity index is 1270. The number of nitrogen functional groups attached to an aromatic ring is 2. The molecule has 0 saturated heterocycles. The van der Waals surface area contributed by atoms with Crippen molar-refractivity contribution in [1.82, 2.24) is 0 Å². The Kier molecular flexibility index (Phi) is 14.5. The van der Waals surface area contributed by atoms with E-state index < -0.39 is 11.9 Å². The van der Waals surface area contributed by atoms with Gasteiger partial charge < -0.3 is 30.4 Å². The first-order valence-electron chi connectivity index (χ1n) is 15.1. The van der Waals surface area contributed by atoms with Crippen LogP contribution in [-0.4, -0.2) is 31.8 Å². The lowest BCUT2D eigenvalue weighted by Crippen LogP contribution is -2.08. The van der Waals surface area contributed by atoms with Crippen LogP contribution in [0.25, 0.3) is 6.08 Å². The van der Waals surface area contributed by atoms with Crippen LogP contribution in [0.5, 0.6) is 17.2 Å². The summed E-state index contributed by atoms with van der Waals surface area (Å²) in [5.41, 5.74) is 13.6. The average Bonchev–Trinajstić information content (AvgIpc) is 3.00. The second-order valence-corrected chi connectivity index (χ2v) is 10.3. The molecule has 0 amide bonds. The lowest BCUT2D eigenvalue weighted by Gasteiger charge is -2.08. The lowest BCUT2D eigenvalue weighted by molar-refractivity contribution is -0.128. The van der Waals surface area contributed by atoms with Gasteiger partial charge in [0, 0.05) is 17.5 Å². The third-order valence-corrected chi connectivity index (χ3v) is 6.60. The summed E-state index contributed by atoms with van der Waals surface area (Å²) in [5.74, 6) is 1.17. The van der Waals surface area contributed by atoms with Crippen LogP contribution < -0.4 is 25.7 Å². The standard InChI is InChI=1S/C35H44N2O6/c1-2-3-4-8-21-41-32-16-18-33(19-17-32)43-34(38)20-13-27-11-14-31(15-12-27)40-22-9-6-5-7-10-23-42-35(39)28-24-29(36)26-30(37)25-28/h11-20,24-26H,2-10,21-23,36-37H2,1H3/b20-13+. The summed E-state index contributed by atoms with van der Waals surface area (Å²) in [6, 6.07) is 19.4. The van der Waals surface area contributed by atoms with Crippen LogP contribution >= 0.6 is 0 Å². The summed E-state index contributed by atoms with van der Waals surface area (Å²) in [7, 11) is 0. The predicted octanol–water partition coefficient (Wildman–Crippen LogP) is 7.62. The highest BCUT2D eigenvalue weighted by molar-refractivity contribution is 5.91. The Morgan fingerprint density at radius 1 is 0.651 bits per heavy atom. The van der Waals surface area contributed by atoms with E-state index in [0.29, 0.717) is 42.5 Å². The van der Waals surface area contributed by atoms with Gasteiger partial charge in [-0.3, -0.25) is 0 Å². The molecular formula is C35H44N2O6. The Morgan fingerprint density at radius 3 is 1.77 bits per heavy atom. The van der Waals surface area contributed by atoms with Crippen molar-refractivity contribution < 1.29 is 28.5 Å². The molecular weight excluding hydrogens is 544 g/mol. The van der Waals surface area contributed by atoms with Crippen molar-refractivity contribution in [2.45, 2.75) is 64.7 Å². The molecule has 0 atom stereocenters. The van der Waals surface area contributed by atoms with Gasteiger partial charge in [0.15, 0.2) is 0 Å². The summed E-state index contributed by atoms with van der Waals surface area (Å²) in [4.78, 5) is 24.3. The maximum atomic E-state index is 12.2. The van der Waals surface area contributed by atoms with Gasteiger partial charge in [0.2, 0.25) is 0 Å². The second-order valence-electron chi connectivity index (χ2n) is 10.3. The molecule has 0 unspecified atom stereocenters. The van der Waals surface area contributed by atoms with Gasteiger partial charge in [-0.15, -0.1) is 0 Å². The van der Waals surface area contributed by atoms with E-state index >= 15 is 0 Å². The summed E-state index contributed by atoms with van der Waals surface area (Å²) >= 11 is 0. The normalized spacial score (nSPS) is 10.9. The second kappa shape index (κ2) is 18.9. The molecule has 43 heavy (non-hydrogen) atoms. The van der Waals surface area contributed by atoms with Crippen LogP contribution in [0.4, 0.5) is 11.4 Å². The highest BCUT2D eigenvalue weighted by atomic mass is 16.5. The highest BCUT2D eigenvalue weighted by Crippen LogP contribution is 2.19. The third kappa shape index (κ3) is 13.4. The minimum Gasteiger partial charge on any atom is -0.494 e. The van der Waals surface area contributed by atoms with Crippen LogP contribution in [-0.2, 0) is 9.53 Å². The first-order valence-corrected chi connectivity index (χ1v) is 15.1. The van der Waals surface area contributed by atoms with Crippen LogP contribution in [0.1, 0.15) is 80.6 Å². The van der Waals surface area contributed by atoms with E-state index in [4.69, 9.17) is 30.4 Å². The van der Waals surface area contributed by atoms with Crippen molar-refractivity contribution >= 4 is 29.4 Å². The van der Waals surface area contributed by atoms with E-state index in [1.54, 1.807) is 36.4 Å². The van der Waals surface area contributed by atoms with Crippen molar-refractivity contribution in [3.05, 3.63) is 83.9 Å². The lowest BCUT2D eigenvalue weighted by atomic mass is 10.1. The number of hydrogen-bond donors (Lipinski definition) is 2. The molecule has 0 spiro atoms. The molecule has 0 aromatic heterocycles. The highest BCUT2D eigenvalue weighted by Gasteiger charge is 2.08.